The number of rotatable bonds is 7. The van der Waals surface area contributed by atoms with Crippen LogP contribution in [0.25, 0.3) is 0 Å². The standard InChI is InChI=1S/C20H24N4O4S/c1-3-24(4-2)16-8-5-14(6-9-16)20(26)22-23-29(27,28)17-10-11-18-15(13-17)7-12-19(25)21-18/h5-6,8-11,13,23H,3-4,7,12H2,1-2H3,(H,21,25)(H,22,26). The normalized spacial score (nSPS) is 13.4. The number of nitrogens with one attached hydrogen (secondary N) is 3. The van der Waals surface area contributed by atoms with Crippen molar-refractivity contribution in [1.82, 2.24) is 10.3 Å². The summed E-state index contributed by atoms with van der Waals surface area (Å²) in [5, 5.41) is 2.70. The molecule has 154 valence electrons. The highest BCUT2D eigenvalue weighted by molar-refractivity contribution is 7.89. The smallest absolute Gasteiger partial charge is 0.266 e. The Morgan fingerprint density at radius 1 is 1.07 bits per heavy atom. The first-order valence-electron chi connectivity index (χ1n) is 9.44. The third-order valence-corrected chi connectivity index (χ3v) is 6.08. The van der Waals surface area contributed by atoms with Crippen molar-refractivity contribution in [2.45, 2.75) is 31.6 Å². The molecule has 0 saturated heterocycles. The largest absolute Gasteiger partial charge is 0.372 e. The summed E-state index contributed by atoms with van der Waals surface area (Å²) in [7, 11) is -3.94. The Balaban J connectivity index is 1.67. The zero-order valence-corrected chi connectivity index (χ0v) is 17.2. The van der Waals surface area contributed by atoms with Crippen LogP contribution in [0.3, 0.4) is 0 Å². The molecule has 0 fully saturated rings. The fourth-order valence-electron chi connectivity index (χ4n) is 3.18. The van der Waals surface area contributed by atoms with Gasteiger partial charge in [0.2, 0.25) is 5.91 Å². The van der Waals surface area contributed by atoms with Crippen LogP contribution in [0.5, 0.6) is 0 Å². The number of carbonyl (C=O) groups is 2. The number of hydrazine groups is 1. The maximum absolute atomic E-state index is 12.5. The van der Waals surface area contributed by atoms with Gasteiger partial charge in [-0.2, -0.15) is 0 Å². The lowest BCUT2D eigenvalue weighted by Crippen LogP contribution is -2.41. The van der Waals surface area contributed by atoms with Gasteiger partial charge in [0, 0.05) is 36.4 Å². The quantitative estimate of drug-likeness (QED) is 0.599. The van der Waals surface area contributed by atoms with E-state index < -0.39 is 15.9 Å². The lowest BCUT2D eigenvalue weighted by molar-refractivity contribution is -0.116. The van der Waals surface area contributed by atoms with Crippen LogP contribution in [-0.2, 0) is 21.2 Å². The van der Waals surface area contributed by atoms with Crippen LogP contribution in [0.4, 0.5) is 11.4 Å². The lowest BCUT2D eigenvalue weighted by atomic mass is 10.0. The molecule has 0 bridgehead atoms. The number of carbonyl (C=O) groups excluding carboxylic acids is 2. The molecule has 0 saturated carbocycles. The van der Waals surface area contributed by atoms with Crippen LogP contribution in [0, 0.1) is 0 Å². The number of hydrogen-bond acceptors (Lipinski definition) is 5. The van der Waals surface area contributed by atoms with Crippen molar-refractivity contribution in [3.05, 3.63) is 53.6 Å². The second-order valence-corrected chi connectivity index (χ2v) is 8.33. The van der Waals surface area contributed by atoms with E-state index in [1.165, 1.54) is 12.1 Å². The predicted molar refractivity (Wildman–Crippen MR) is 111 cm³/mol. The van der Waals surface area contributed by atoms with E-state index in [0.29, 0.717) is 24.1 Å². The van der Waals surface area contributed by atoms with Crippen LogP contribution < -0.4 is 20.5 Å². The number of amides is 2. The van der Waals surface area contributed by atoms with Gasteiger partial charge in [-0.3, -0.25) is 15.0 Å². The van der Waals surface area contributed by atoms with E-state index in [9.17, 15) is 18.0 Å². The summed E-state index contributed by atoms with van der Waals surface area (Å²) in [4.78, 5) is 28.0. The highest BCUT2D eigenvalue weighted by atomic mass is 32.2. The Kier molecular flexibility index (Phi) is 6.19. The zero-order valence-electron chi connectivity index (χ0n) is 16.4. The molecular formula is C20H24N4O4S. The number of nitrogens with zero attached hydrogens (tertiary/aromatic N) is 1. The predicted octanol–water partition coefficient (Wildman–Crippen LogP) is 2.04. The summed E-state index contributed by atoms with van der Waals surface area (Å²) in [6.07, 6.45) is 0.778. The summed E-state index contributed by atoms with van der Waals surface area (Å²) in [6.45, 7) is 5.81. The summed E-state index contributed by atoms with van der Waals surface area (Å²) in [6, 6.07) is 11.4. The van der Waals surface area contributed by atoms with E-state index in [1.807, 2.05) is 26.0 Å². The average molecular weight is 417 g/mol. The molecule has 3 N–H and O–H groups in total. The van der Waals surface area contributed by atoms with Crippen molar-refractivity contribution in [3.63, 3.8) is 0 Å². The minimum Gasteiger partial charge on any atom is -0.372 e. The fraction of sp³-hybridized carbons (Fsp3) is 0.300. The molecule has 2 amide bonds. The molecule has 9 heteroatoms. The summed E-state index contributed by atoms with van der Waals surface area (Å²) < 4.78 is 25.0. The van der Waals surface area contributed by atoms with Crippen molar-refractivity contribution in [2.75, 3.05) is 23.3 Å². The molecule has 1 aliphatic rings. The average Bonchev–Trinajstić information content (AvgIpc) is 2.73. The molecule has 0 aliphatic carbocycles. The van der Waals surface area contributed by atoms with Crippen LogP contribution in [0.15, 0.2) is 47.4 Å². The first kappa shape index (κ1) is 20.8. The van der Waals surface area contributed by atoms with Crippen molar-refractivity contribution in [3.8, 4) is 0 Å². The van der Waals surface area contributed by atoms with Gasteiger partial charge in [-0.1, -0.05) is 0 Å². The molecule has 0 unspecified atom stereocenters. The molecule has 0 atom stereocenters. The molecule has 1 aliphatic heterocycles. The Morgan fingerprint density at radius 3 is 2.41 bits per heavy atom. The third-order valence-electron chi connectivity index (χ3n) is 4.84. The summed E-state index contributed by atoms with van der Waals surface area (Å²) >= 11 is 0. The van der Waals surface area contributed by atoms with Gasteiger partial charge in [-0.05, 0) is 68.3 Å². The van der Waals surface area contributed by atoms with Crippen molar-refractivity contribution in [1.29, 1.82) is 0 Å². The molecule has 0 spiro atoms. The van der Waals surface area contributed by atoms with Crippen molar-refractivity contribution in [2.24, 2.45) is 0 Å². The maximum atomic E-state index is 12.5. The summed E-state index contributed by atoms with van der Waals surface area (Å²) in [5.74, 6) is -0.643. The van der Waals surface area contributed by atoms with Gasteiger partial charge in [0.05, 0.1) is 4.90 Å². The SMILES string of the molecule is CCN(CC)c1ccc(C(=O)NNS(=O)(=O)c2ccc3c(c2)CCC(=O)N3)cc1. The monoisotopic (exact) mass is 416 g/mol. The molecule has 8 nitrogen and oxygen atoms in total. The van der Waals surface area contributed by atoms with Crippen molar-refractivity contribution < 1.29 is 18.0 Å². The molecule has 2 aromatic carbocycles. The molecular weight excluding hydrogens is 392 g/mol. The molecule has 3 rings (SSSR count). The zero-order chi connectivity index (χ0) is 21.0. The van der Waals surface area contributed by atoms with Crippen LogP contribution in [0.2, 0.25) is 0 Å². The Morgan fingerprint density at radius 2 is 1.76 bits per heavy atom. The number of aryl methyl sites for hydroxylation is 1. The Hall–Kier alpha value is -2.91. The van der Waals surface area contributed by atoms with Gasteiger partial charge < -0.3 is 10.2 Å². The van der Waals surface area contributed by atoms with E-state index in [0.717, 1.165) is 24.3 Å². The number of hydrogen-bond donors (Lipinski definition) is 3. The van der Waals surface area contributed by atoms with E-state index in [4.69, 9.17) is 0 Å². The molecule has 0 radical (unpaired) electrons. The van der Waals surface area contributed by atoms with Crippen molar-refractivity contribution >= 4 is 33.2 Å². The second-order valence-electron chi connectivity index (χ2n) is 6.65. The van der Waals surface area contributed by atoms with E-state index in [1.54, 1.807) is 18.2 Å². The number of anilines is 2. The molecule has 1 heterocycles. The fourth-order valence-corrected chi connectivity index (χ4v) is 4.07. The molecule has 29 heavy (non-hydrogen) atoms. The van der Waals surface area contributed by atoms with Gasteiger partial charge in [0.25, 0.3) is 15.9 Å². The first-order valence-corrected chi connectivity index (χ1v) is 10.9. The second kappa shape index (κ2) is 8.62. The Labute approximate surface area is 170 Å². The first-order chi connectivity index (χ1) is 13.8. The third kappa shape index (κ3) is 4.75. The van der Waals surface area contributed by atoms with Gasteiger partial charge >= 0.3 is 0 Å². The van der Waals surface area contributed by atoms with Crippen LogP contribution >= 0.6 is 0 Å². The minimum absolute atomic E-state index is 0.0181. The molecule has 2 aromatic rings. The number of fused-ring (bicyclic) bond motifs is 1. The number of sulfonamides is 1. The summed E-state index contributed by atoms with van der Waals surface area (Å²) in [5.41, 5.74) is 4.93. The topological polar surface area (TPSA) is 108 Å². The lowest BCUT2D eigenvalue weighted by Gasteiger charge is -2.21. The van der Waals surface area contributed by atoms with Gasteiger partial charge in [-0.15, -0.1) is 4.83 Å². The molecule has 0 aromatic heterocycles. The highest BCUT2D eigenvalue weighted by Gasteiger charge is 2.20. The van der Waals surface area contributed by atoms with E-state index in [2.05, 4.69) is 20.5 Å². The van der Waals surface area contributed by atoms with Crippen LogP contribution in [-0.4, -0.2) is 33.3 Å². The number of benzene rings is 2. The minimum atomic E-state index is -3.94. The van der Waals surface area contributed by atoms with Gasteiger partial charge in [0.1, 0.15) is 0 Å². The van der Waals surface area contributed by atoms with E-state index in [-0.39, 0.29) is 10.8 Å². The van der Waals surface area contributed by atoms with Gasteiger partial charge in [-0.25, -0.2) is 8.42 Å². The van der Waals surface area contributed by atoms with Crippen LogP contribution in [0.1, 0.15) is 36.2 Å². The maximum Gasteiger partial charge on any atom is 0.266 e. The van der Waals surface area contributed by atoms with E-state index >= 15 is 0 Å². The highest BCUT2D eigenvalue weighted by Crippen LogP contribution is 2.25. The Bertz CT molecular complexity index is 1020. The van der Waals surface area contributed by atoms with Gasteiger partial charge in [0.15, 0.2) is 0 Å².